The maximum absolute atomic E-state index is 12.0. The van der Waals surface area contributed by atoms with Crippen LogP contribution in [0.15, 0.2) is 0 Å². The molecule has 0 aliphatic carbocycles. The van der Waals surface area contributed by atoms with Gasteiger partial charge in [-0.05, 0) is 25.7 Å². The second-order valence-corrected chi connectivity index (χ2v) is 4.54. The van der Waals surface area contributed by atoms with Crippen LogP contribution < -0.4 is 5.32 Å². The Morgan fingerprint density at radius 3 is 3.07 bits per heavy atom. The smallest absolute Gasteiger partial charge is 0.251 e. The molecular weight excluding hydrogens is 192 g/mol. The molecular formula is C11H20N2O2. The minimum atomic E-state index is -0.302. The van der Waals surface area contributed by atoms with Crippen LogP contribution in [0.2, 0.25) is 0 Å². The topological polar surface area (TPSA) is 41.6 Å². The van der Waals surface area contributed by atoms with Crippen LogP contribution in [0.1, 0.15) is 19.8 Å². The number of amides is 1. The van der Waals surface area contributed by atoms with E-state index >= 15 is 0 Å². The zero-order valence-corrected chi connectivity index (χ0v) is 9.53. The number of nitrogens with zero attached hydrogens (tertiary/aromatic N) is 1. The molecule has 1 N–H and O–H groups in total. The summed E-state index contributed by atoms with van der Waals surface area (Å²) in [4.78, 5) is 14.1. The number of carbonyl (C=O) groups excluding carboxylic acids is 1. The average Bonchev–Trinajstić information content (AvgIpc) is 2.74. The lowest BCUT2D eigenvalue weighted by Crippen LogP contribution is -2.51. The molecule has 15 heavy (non-hydrogen) atoms. The number of fused-ring (bicyclic) bond motifs is 1. The molecule has 0 aromatic heterocycles. The lowest BCUT2D eigenvalue weighted by atomic mass is 9.92. The first-order valence-corrected chi connectivity index (χ1v) is 5.78. The molecule has 0 radical (unpaired) electrons. The molecule has 1 amide bonds. The number of ether oxygens (including phenoxy) is 1. The normalized spacial score (nSPS) is 32.5. The minimum Gasteiger partial charge on any atom is -0.372 e. The van der Waals surface area contributed by atoms with Crippen molar-refractivity contribution in [2.24, 2.45) is 5.92 Å². The molecule has 2 rings (SSSR count). The number of piperidine rings is 1. The van der Waals surface area contributed by atoms with Gasteiger partial charge in [-0.15, -0.1) is 0 Å². The average molecular weight is 212 g/mol. The molecule has 2 aliphatic rings. The predicted octanol–water partition coefficient (Wildman–Crippen LogP) is 0.232. The Labute approximate surface area is 91.0 Å². The summed E-state index contributed by atoms with van der Waals surface area (Å²) in [7, 11) is 1.59. The van der Waals surface area contributed by atoms with Crippen LogP contribution in [-0.2, 0) is 9.53 Å². The van der Waals surface area contributed by atoms with Gasteiger partial charge in [0.2, 0.25) is 0 Å². The van der Waals surface area contributed by atoms with Crippen LogP contribution in [0.3, 0.4) is 0 Å². The molecule has 2 saturated heterocycles. The zero-order valence-electron chi connectivity index (χ0n) is 9.53. The van der Waals surface area contributed by atoms with E-state index < -0.39 is 0 Å². The van der Waals surface area contributed by atoms with Crippen LogP contribution in [0, 0.1) is 5.92 Å². The van der Waals surface area contributed by atoms with E-state index in [-0.39, 0.29) is 12.0 Å². The third-order valence-electron chi connectivity index (χ3n) is 3.66. The molecule has 0 aromatic rings. The van der Waals surface area contributed by atoms with Crippen molar-refractivity contribution in [2.45, 2.75) is 31.9 Å². The van der Waals surface area contributed by atoms with Crippen LogP contribution in [-0.4, -0.2) is 49.7 Å². The molecule has 0 spiro atoms. The Morgan fingerprint density at radius 1 is 1.53 bits per heavy atom. The predicted molar refractivity (Wildman–Crippen MR) is 57.6 cm³/mol. The van der Waals surface area contributed by atoms with Crippen molar-refractivity contribution in [3.63, 3.8) is 0 Å². The Hall–Kier alpha value is -0.610. The standard InChI is InChI=1S/C11H20N2O2/c1-8(15-2)11(14)13-5-3-4-9-6-12-7-10(9)13/h8-10,12H,3-7H2,1-2H3. The van der Waals surface area contributed by atoms with E-state index in [0.717, 1.165) is 26.1 Å². The highest BCUT2D eigenvalue weighted by atomic mass is 16.5. The maximum Gasteiger partial charge on any atom is 0.251 e. The van der Waals surface area contributed by atoms with Gasteiger partial charge >= 0.3 is 0 Å². The summed E-state index contributed by atoms with van der Waals surface area (Å²) < 4.78 is 5.10. The summed E-state index contributed by atoms with van der Waals surface area (Å²) in [5, 5.41) is 3.37. The van der Waals surface area contributed by atoms with Crippen molar-refractivity contribution >= 4 is 5.91 Å². The van der Waals surface area contributed by atoms with Crippen molar-refractivity contribution in [3.05, 3.63) is 0 Å². The van der Waals surface area contributed by atoms with E-state index in [1.807, 2.05) is 11.8 Å². The van der Waals surface area contributed by atoms with E-state index in [4.69, 9.17) is 4.74 Å². The third kappa shape index (κ3) is 2.01. The van der Waals surface area contributed by atoms with Gasteiger partial charge in [-0.1, -0.05) is 0 Å². The fourth-order valence-corrected chi connectivity index (χ4v) is 2.68. The van der Waals surface area contributed by atoms with Crippen LogP contribution >= 0.6 is 0 Å². The summed E-state index contributed by atoms with van der Waals surface area (Å²) >= 11 is 0. The summed E-state index contributed by atoms with van der Waals surface area (Å²) in [6.07, 6.45) is 2.08. The van der Waals surface area contributed by atoms with Gasteiger partial charge in [0, 0.05) is 32.8 Å². The summed E-state index contributed by atoms with van der Waals surface area (Å²) in [6, 6.07) is 0.406. The van der Waals surface area contributed by atoms with Gasteiger partial charge in [0.25, 0.3) is 5.91 Å². The Morgan fingerprint density at radius 2 is 2.33 bits per heavy atom. The van der Waals surface area contributed by atoms with Crippen molar-refractivity contribution in [2.75, 3.05) is 26.7 Å². The molecule has 2 heterocycles. The first kappa shape index (κ1) is 10.9. The highest BCUT2D eigenvalue weighted by Gasteiger charge is 2.38. The van der Waals surface area contributed by atoms with Gasteiger partial charge in [0.15, 0.2) is 0 Å². The first-order chi connectivity index (χ1) is 7.24. The fourth-order valence-electron chi connectivity index (χ4n) is 2.68. The van der Waals surface area contributed by atoms with Gasteiger partial charge in [0.1, 0.15) is 6.10 Å². The number of carbonyl (C=O) groups is 1. The van der Waals surface area contributed by atoms with E-state index in [0.29, 0.717) is 12.0 Å². The molecule has 4 nitrogen and oxygen atoms in total. The Bertz CT molecular complexity index is 245. The molecule has 2 fully saturated rings. The molecule has 2 aliphatic heterocycles. The lowest BCUT2D eigenvalue weighted by molar-refractivity contribution is -0.145. The Kier molecular flexibility index (Phi) is 3.26. The maximum atomic E-state index is 12.0. The molecule has 0 aromatic carbocycles. The monoisotopic (exact) mass is 212 g/mol. The quantitative estimate of drug-likeness (QED) is 0.712. The zero-order chi connectivity index (χ0) is 10.8. The Balaban J connectivity index is 2.04. The SMILES string of the molecule is COC(C)C(=O)N1CCCC2CNCC21. The fraction of sp³-hybridized carbons (Fsp3) is 0.909. The number of methoxy groups -OCH3 is 1. The van der Waals surface area contributed by atoms with Crippen molar-refractivity contribution in [1.82, 2.24) is 10.2 Å². The van der Waals surface area contributed by atoms with Crippen molar-refractivity contribution in [1.29, 1.82) is 0 Å². The molecule has 3 atom stereocenters. The van der Waals surface area contributed by atoms with Crippen LogP contribution in [0.25, 0.3) is 0 Å². The number of likely N-dealkylation sites (tertiary alicyclic amines) is 1. The summed E-state index contributed by atoms with van der Waals surface area (Å²) in [5.41, 5.74) is 0. The molecule has 0 saturated carbocycles. The molecule has 0 bridgehead atoms. The van der Waals surface area contributed by atoms with Gasteiger partial charge in [-0.2, -0.15) is 0 Å². The van der Waals surface area contributed by atoms with E-state index in [1.165, 1.54) is 6.42 Å². The second kappa shape index (κ2) is 4.49. The third-order valence-corrected chi connectivity index (χ3v) is 3.66. The van der Waals surface area contributed by atoms with Gasteiger partial charge < -0.3 is 15.0 Å². The van der Waals surface area contributed by atoms with Gasteiger partial charge in [-0.3, -0.25) is 4.79 Å². The van der Waals surface area contributed by atoms with E-state index in [2.05, 4.69) is 5.32 Å². The van der Waals surface area contributed by atoms with Crippen LogP contribution in [0.5, 0.6) is 0 Å². The second-order valence-electron chi connectivity index (χ2n) is 4.54. The van der Waals surface area contributed by atoms with Crippen LogP contribution in [0.4, 0.5) is 0 Å². The highest BCUT2D eigenvalue weighted by molar-refractivity contribution is 5.81. The number of hydrogen-bond acceptors (Lipinski definition) is 3. The van der Waals surface area contributed by atoms with Gasteiger partial charge in [0.05, 0.1) is 0 Å². The minimum absolute atomic E-state index is 0.149. The van der Waals surface area contributed by atoms with E-state index in [9.17, 15) is 4.79 Å². The van der Waals surface area contributed by atoms with Crippen molar-refractivity contribution in [3.8, 4) is 0 Å². The lowest BCUT2D eigenvalue weighted by Gasteiger charge is -2.38. The largest absolute Gasteiger partial charge is 0.372 e. The summed E-state index contributed by atoms with van der Waals surface area (Å²) in [6.45, 7) is 4.74. The number of hydrogen-bond donors (Lipinski definition) is 1. The van der Waals surface area contributed by atoms with Crippen molar-refractivity contribution < 1.29 is 9.53 Å². The summed E-state index contributed by atoms with van der Waals surface area (Å²) in [5.74, 6) is 0.808. The molecule has 86 valence electrons. The van der Waals surface area contributed by atoms with Gasteiger partial charge in [-0.25, -0.2) is 0 Å². The van der Waals surface area contributed by atoms with E-state index in [1.54, 1.807) is 7.11 Å². The highest BCUT2D eigenvalue weighted by Crippen LogP contribution is 2.26. The number of nitrogens with one attached hydrogen (secondary N) is 1. The first-order valence-electron chi connectivity index (χ1n) is 5.78. The molecule has 4 heteroatoms. The number of rotatable bonds is 2. The molecule has 3 unspecified atom stereocenters.